The first kappa shape index (κ1) is 12.7. The number of fused-ring (bicyclic) bond motifs is 1. The van der Waals surface area contributed by atoms with Gasteiger partial charge in [0.05, 0.1) is 11.4 Å². The molecule has 18 heavy (non-hydrogen) atoms. The molecular formula is C13H13NO3S. The van der Waals surface area contributed by atoms with Gasteiger partial charge >= 0.3 is 5.97 Å². The van der Waals surface area contributed by atoms with Crippen LogP contribution in [0.25, 0.3) is 0 Å². The molecule has 0 radical (unpaired) electrons. The van der Waals surface area contributed by atoms with E-state index in [9.17, 15) is 9.59 Å². The van der Waals surface area contributed by atoms with E-state index in [0.29, 0.717) is 12.2 Å². The lowest BCUT2D eigenvalue weighted by molar-refractivity contribution is -0.131. The maximum atomic E-state index is 11.3. The van der Waals surface area contributed by atoms with Crippen LogP contribution in [-0.2, 0) is 16.0 Å². The normalized spacial score (nSPS) is 14.3. The number of hydrogen-bond acceptors (Lipinski definition) is 3. The molecule has 2 N–H and O–H groups in total. The van der Waals surface area contributed by atoms with Gasteiger partial charge in [0.2, 0.25) is 5.91 Å². The fourth-order valence-corrected chi connectivity index (χ4v) is 2.51. The van der Waals surface area contributed by atoms with Gasteiger partial charge in [0.1, 0.15) is 0 Å². The highest BCUT2D eigenvalue weighted by atomic mass is 32.2. The zero-order chi connectivity index (χ0) is 13.0. The Labute approximate surface area is 109 Å². The maximum Gasteiger partial charge on any atom is 0.327 e. The molecule has 94 valence electrons. The lowest BCUT2D eigenvalue weighted by Crippen LogP contribution is -2.18. The molecule has 4 nitrogen and oxygen atoms in total. The van der Waals surface area contributed by atoms with Crippen molar-refractivity contribution < 1.29 is 14.7 Å². The van der Waals surface area contributed by atoms with Crippen LogP contribution in [-0.4, -0.2) is 22.7 Å². The van der Waals surface area contributed by atoms with E-state index in [1.807, 2.05) is 18.2 Å². The number of anilines is 1. The number of allylic oxidation sites excluding steroid dienone is 1. The molecule has 0 saturated heterocycles. The molecule has 0 aliphatic carbocycles. The molecular weight excluding hydrogens is 250 g/mol. The Balaban J connectivity index is 2.00. The molecule has 1 aliphatic rings. The van der Waals surface area contributed by atoms with Crippen molar-refractivity contribution in [3.63, 3.8) is 0 Å². The number of carboxylic acids is 1. The number of carbonyl (C=O) groups is 2. The largest absolute Gasteiger partial charge is 0.478 e. The van der Waals surface area contributed by atoms with Gasteiger partial charge in [0.15, 0.2) is 0 Å². The van der Waals surface area contributed by atoms with Gasteiger partial charge in [-0.25, -0.2) is 4.79 Å². The Morgan fingerprint density at radius 3 is 3.11 bits per heavy atom. The summed E-state index contributed by atoms with van der Waals surface area (Å²) in [5.74, 6) is -0.437. The summed E-state index contributed by atoms with van der Waals surface area (Å²) in [4.78, 5) is 22.6. The van der Waals surface area contributed by atoms with Gasteiger partial charge in [0.25, 0.3) is 0 Å². The maximum absolute atomic E-state index is 11.3. The molecule has 1 aromatic carbocycles. The first-order valence-electron chi connectivity index (χ1n) is 5.60. The van der Waals surface area contributed by atoms with E-state index in [-0.39, 0.29) is 5.91 Å². The van der Waals surface area contributed by atoms with E-state index in [2.05, 4.69) is 5.32 Å². The monoisotopic (exact) mass is 263 g/mol. The standard InChI is InChI=1S/C13H13NO3S/c15-12-8-18-11-6-5-9(7-10(11)14-12)3-1-2-4-13(16)17/h2,4-7H,1,3,8H2,(H,14,15)(H,16,17)/b4-2+. The highest BCUT2D eigenvalue weighted by molar-refractivity contribution is 8.00. The number of thioether (sulfide) groups is 1. The van der Waals surface area contributed by atoms with Crippen molar-refractivity contribution in [1.82, 2.24) is 0 Å². The molecule has 0 bridgehead atoms. The molecule has 1 heterocycles. The van der Waals surface area contributed by atoms with Gasteiger partial charge in [-0.1, -0.05) is 12.1 Å². The minimum atomic E-state index is -0.927. The number of hydrogen-bond donors (Lipinski definition) is 2. The molecule has 0 spiro atoms. The highest BCUT2D eigenvalue weighted by Gasteiger charge is 2.14. The summed E-state index contributed by atoms with van der Waals surface area (Å²) < 4.78 is 0. The van der Waals surface area contributed by atoms with Crippen LogP contribution in [0.3, 0.4) is 0 Å². The summed E-state index contributed by atoms with van der Waals surface area (Å²) in [5.41, 5.74) is 1.95. The van der Waals surface area contributed by atoms with E-state index < -0.39 is 5.97 Å². The Morgan fingerprint density at radius 2 is 2.33 bits per heavy atom. The Bertz CT molecular complexity index is 511. The molecule has 0 unspecified atom stereocenters. The fourth-order valence-electron chi connectivity index (χ4n) is 1.72. The van der Waals surface area contributed by atoms with Crippen LogP contribution in [0.15, 0.2) is 35.2 Å². The number of aliphatic carboxylic acids is 1. The number of nitrogens with one attached hydrogen (secondary N) is 1. The van der Waals surface area contributed by atoms with Gasteiger partial charge in [-0.2, -0.15) is 0 Å². The molecule has 1 amide bonds. The minimum absolute atomic E-state index is 0.0235. The molecule has 0 fully saturated rings. The van der Waals surface area contributed by atoms with Crippen LogP contribution in [0.2, 0.25) is 0 Å². The molecule has 1 aliphatic heterocycles. The van der Waals surface area contributed by atoms with E-state index in [1.54, 1.807) is 6.08 Å². The number of carbonyl (C=O) groups excluding carboxylic acids is 1. The molecule has 5 heteroatoms. The van der Waals surface area contributed by atoms with Crippen molar-refractivity contribution in [2.24, 2.45) is 0 Å². The van der Waals surface area contributed by atoms with Gasteiger partial charge in [-0.3, -0.25) is 4.79 Å². The average molecular weight is 263 g/mol. The van der Waals surface area contributed by atoms with Crippen molar-refractivity contribution in [2.75, 3.05) is 11.1 Å². The topological polar surface area (TPSA) is 66.4 Å². The predicted molar refractivity (Wildman–Crippen MR) is 70.9 cm³/mol. The molecule has 0 saturated carbocycles. The average Bonchev–Trinajstić information content (AvgIpc) is 2.34. The molecule has 1 aromatic rings. The van der Waals surface area contributed by atoms with Crippen molar-refractivity contribution in [3.8, 4) is 0 Å². The lowest BCUT2D eigenvalue weighted by atomic mass is 10.1. The van der Waals surface area contributed by atoms with Crippen molar-refractivity contribution in [1.29, 1.82) is 0 Å². The smallest absolute Gasteiger partial charge is 0.327 e. The quantitative estimate of drug-likeness (QED) is 0.818. The fraction of sp³-hybridized carbons (Fsp3) is 0.231. The summed E-state index contributed by atoms with van der Waals surface area (Å²) in [6.07, 6.45) is 4.22. The second-order valence-electron chi connectivity index (χ2n) is 3.95. The minimum Gasteiger partial charge on any atom is -0.478 e. The molecule has 2 rings (SSSR count). The van der Waals surface area contributed by atoms with Crippen LogP contribution in [0.4, 0.5) is 5.69 Å². The van der Waals surface area contributed by atoms with E-state index in [0.717, 1.165) is 28.6 Å². The number of amides is 1. The van der Waals surface area contributed by atoms with E-state index in [4.69, 9.17) is 5.11 Å². The van der Waals surface area contributed by atoms with Crippen LogP contribution in [0.5, 0.6) is 0 Å². The first-order chi connectivity index (χ1) is 8.65. The van der Waals surface area contributed by atoms with Gasteiger partial charge in [-0.05, 0) is 30.5 Å². The summed E-state index contributed by atoms with van der Waals surface area (Å²) >= 11 is 1.53. The first-order valence-corrected chi connectivity index (χ1v) is 6.59. The van der Waals surface area contributed by atoms with Gasteiger partial charge in [-0.15, -0.1) is 11.8 Å². The second kappa shape index (κ2) is 5.73. The number of rotatable bonds is 4. The summed E-state index contributed by atoms with van der Waals surface area (Å²) in [5, 5.41) is 11.3. The zero-order valence-electron chi connectivity index (χ0n) is 9.68. The summed E-state index contributed by atoms with van der Waals surface area (Å²) in [6, 6.07) is 5.96. The summed E-state index contributed by atoms with van der Waals surface area (Å²) in [7, 11) is 0. The van der Waals surface area contributed by atoms with Crippen LogP contribution < -0.4 is 5.32 Å². The van der Waals surface area contributed by atoms with Crippen molar-refractivity contribution >= 4 is 29.3 Å². The van der Waals surface area contributed by atoms with Crippen LogP contribution in [0, 0.1) is 0 Å². The van der Waals surface area contributed by atoms with E-state index >= 15 is 0 Å². The lowest BCUT2D eigenvalue weighted by Gasteiger charge is -2.16. The van der Waals surface area contributed by atoms with Crippen molar-refractivity contribution in [3.05, 3.63) is 35.9 Å². The number of carboxylic acid groups (broad SMARTS) is 1. The number of benzene rings is 1. The third-order valence-electron chi connectivity index (χ3n) is 2.54. The van der Waals surface area contributed by atoms with Gasteiger partial charge < -0.3 is 10.4 Å². The zero-order valence-corrected chi connectivity index (χ0v) is 10.5. The van der Waals surface area contributed by atoms with Crippen LogP contribution in [0.1, 0.15) is 12.0 Å². The summed E-state index contributed by atoms with van der Waals surface area (Å²) in [6.45, 7) is 0. The SMILES string of the molecule is O=C(O)/C=C/CCc1ccc2c(c1)NC(=O)CS2. The van der Waals surface area contributed by atoms with Gasteiger partial charge in [0, 0.05) is 11.0 Å². The number of aryl methyl sites for hydroxylation is 1. The predicted octanol–water partition coefficient (Wildman–Crippen LogP) is 2.30. The Hall–Kier alpha value is -1.75. The van der Waals surface area contributed by atoms with Crippen LogP contribution >= 0.6 is 11.8 Å². The highest BCUT2D eigenvalue weighted by Crippen LogP contribution is 2.32. The molecule has 0 atom stereocenters. The molecule has 0 aromatic heterocycles. The Morgan fingerprint density at radius 1 is 1.50 bits per heavy atom. The third-order valence-corrected chi connectivity index (χ3v) is 3.61. The third kappa shape index (κ3) is 3.37. The Kier molecular flexibility index (Phi) is 4.04. The second-order valence-corrected chi connectivity index (χ2v) is 4.96. The van der Waals surface area contributed by atoms with Crippen molar-refractivity contribution in [2.45, 2.75) is 17.7 Å². The van der Waals surface area contributed by atoms with E-state index in [1.165, 1.54) is 11.8 Å².